The summed E-state index contributed by atoms with van der Waals surface area (Å²) in [6.07, 6.45) is -4.42. The lowest BCUT2D eigenvalue weighted by atomic mass is 10.1. The van der Waals surface area contributed by atoms with E-state index in [1.807, 2.05) is 0 Å². The lowest BCUT2D eigenvalue weighted by Gasteiger charge is -2.11. The maximum absolute atomic E-state index is 12.6. The van der Waals surface area contributed by atoms with Crippen LogP contribution in [0.15, 0.2) is 46.5 Å². The predicted octanol–water partition coefficient (Wildman–Crippen LogP) is 3.00. The fraction of sp³-hybridized carbons (Fsp3) is 0.125. The molecule has 1 aromatic carbocycles. The number of thioether (sulfide) groups is 2. The highest BCUT2D eigenvalue weighted by Gasteiger charge is 2.29. The number of aromatic nitrogens is 1. The summed E-state index contributed by atoms with van der Waals surface area (Å²) < 4.78 is 37.8. The summed E-state index contributed by atoms with van der Waals surface area (Å²) >= 11 is 1.64. The van der Waals surface area contributed by atoms with Crippen LogP contribution < -0.4 is 16.8 Å². The van der Waals surface area contributed by atoms with Crippen molar-refractivity contribution in [1.29, 1.82) is 10.8 Å². The first-order valence-corrected chi connectivity index (χ1v) is 9.18. The monoisotopic (exact) mass is 428 g/mol. The van der Waals surface area contributed by atoms with Gasteiger partial charge in [0.2, 0.25) is 0 Å². The van der Waals surface area contributed by atoms with Gasteiger partial charge in [0.25, 0.3) is 5.91 Å². The molecule has 0 aliphatic heterocycles. The number of nitrogens with zero attached hydrogens (tertiary/aromatic N) is 1. The number of alkyl halides is 3. The average molecular weight is 428 g/mol. The van der Waals surface area contributed by atoms with E-state index in [9.17, 15) is 18.0 Å². The maximum Gasteiger partial charge on any atom is 0.416 e. The number of nitrogens with one attached hydrogen (secondary N) is 3. The van der Waals surface area contributed by atoms with Gasteiger partial charge in [-0.3, -0.25) is 15.6 Å². The van der Waals surface area contributed by atoms with E-state index < -0.39 is 17.6 Å². The van der Waals surface area contributed by atoms with Crippen LogP contribution in [0.5, 0.6) is 0 Å². The number of amides is 1. The molecule has 1 amide bonds. The number of benzene rings is 1. The van der Waals surface area contributed by atoms with Crippen molar-refractivity contribution < 1.29 is 18.0 Å². The van der Waals surface area contributed by atoms with Gasteiger partial charge in [0.1, 0.15) is 10.1 Å². The minimum absolute atomic E-state index is 0.00506. The Hall–Kier alpha value is -2.73. The van der Waals surface area contributed by atoms with Crippen molar-refractivity contribution in [3.63, 3.8) is 0 Å². The van der Waals surface area contributed by atoms with Gasteiger partial charge in [-0.25, -0.2) is 4.98 Å². The van der Waals surface area contributed by atoms with Crippen molar-refractivity contribution in [3.8, 4) is 0 Å². The summed E-state index contributed by atoms with van der Waals surface area (Å²) in [5, 5.41) is 17.3. The number of pyridine rings is 1. The Balaban J connectivity index is 2.14. The Bertz CT molecular complexity index is 902. The fourth-order valence-corrected chi connectivity index (χ4v) is 3.22. The summed E-state index contributed by atoms with van der Waals surface area (Å²) in [6, 6.07) is 7.37. The van der Waals surface area contributed by atoms with Gasteiger partial charge in [0.05, 0.1) is 11.1 Å². The van der Waals surface area contributed by atoms with Crippen LogP contribution >= 0.6 is 23.5 Å². The number of rotatable bonds is 5. The number of carbonyl (C=O) groups is 1. The number of hydrogen-bond donors (Lipinski definition) is 5. The van der Waals surface area contributed by atoms with Gasteiger partial charge in [0.15, 0.2) is 10.3 Å². The maximum atomic E-state index is 12.6. The number of carbonyl (C=O) groups excluding carboxylic acids is 1. The van der Waals surface area contributed by atoms with Crippen LogP contribution in [0.2, 0.25) is 0 Å². The van der Waals surface area contributed by atoms with Crippen molar-refractivity contribution in [2.24, 2.45) is 11.5 Å². The molecule has 12 heteroatoms. The normalized spacial score (nSPS) is 11.1. The highest BCUT2D eigenvalue weighted by molar-refractivity contribution is 8.14. The largest absolute Gasteiger partial charge is 0.416 e. The van der Waals surface area contributed by atoms with E-state index >= 15 is 0 Å². The molecule has 148 valence electrons. The molecule has 28 heavy (non-hydrogen) atoms. The van der Waals surface area contributed by atoms with Crippen LogP contribution in [0.25, 0.3) is 0 Å². The van der Waals surface area contributed by atoms with E-state index in [4.69, 9.17) is 22.3 Å². The Labute approximate surface area is 166 Å². The van der Waals surface area contributed by atoms with E-state index in [-0.39, 0.29) is 27.5 Å². The van der Waals surface area contributed by atoms with Crippen molar-refractivity contribution >= 4 is 39.8 Å². The minimum atomic E-state index is -4.42. The van der Waals surface area contributed by atoms with Crippen LogP contribution in [0, 0.1) is 10.8 Å². The molecule has 0 bridgehead atoms. The molecule has 0 spiro atoms. The molecule has 1 aromatic heterocycles. The lowest BCUT2D eigenvalue weighted by molar-refractivity contribution is -0.137. The molecule has 1 heterocycles. The van der Waals surface area contributed by atoms with E-state index in [1.165, 1.54) is 24.3 Å². The first kappa shape index (κ1) is 21.6. The molecule has 0 aliphatic rings. The summed E-state index contributed by atoms with van der Waals surface area (Å²) in [4.78, 5) is 16.6. The minimum Gasteiger partial charge on any atom is -0.378 e. The average Bonchev–Trinajstić information content (AvgIpc) is 2.58. The Morgan fingerprint density at radius 1 is 1.04 bits per heavy atom. The Kier molecular flexibility index (Phi) is 6.91. The van der Waals surface area contributed by atoms with Gasteiger partial charge in [-0.2, -0.15) is 13.2 Å². The molecule has 0 unspecified atom stereocenters. The number of hydrogen-bond acceptors (Lipinski definition) is 6. The van der Waals surface area contributed by atoms with Gasteiger partial charge >= 0.3 is 6.18 Å². The second-order valence-corrected chi connectivity index (χ2v) is 7.41. The molecular formula is C16H15F3N6OS2. The third kappa shape index (κ3) is 6.16. The molecule has 2 aromatic rings. The molecule has 0 saturated carbocycles. The molecule has 7 N–H and O–H groups in total. The third-order valence-electron chi connectivity index (χ3n) is 3.23. The quantitative estimate of drug-likeness (QED) is 0.282. The third-order valence-corrected chi connectivity index (χ3v) is 4.62. The molecule has 0 fully saturated rings. The van der Waals surface area contributed by atoms with Crippen molar-refractivity contribution in [3.05, 3.63) is 53.1 Å². The van der Waals surface area contributed by atoms with Crippen molar-refractivity contribution in [2.45, 2.75) is 22.8 Å². The van der Waals surface area contributed by atoms with Crippen LogP contribution in [0.3, 0.4) is 0 Å². The number of nitrogens with two attached hydrogens (primary N) is 2. The van der Waals surface area contributed by atoms with Gasteiger partial charge in [-0.1, -0.05) is 12.1 Å². The van der Waals surface area contributed by atoms with Crippen LogP contribution in [-0.2, 0) is 12.7 Å². The standard InChI is InChI=1S/C16H15F3N6OS2/c17-16(18,19)9-3-1-8(2-4-9)7-24-12(26)10-5-6-11(27-14(20)21)25-13(10)28-15(22)23/h1-6H,7H2,(H3,20,21)(H3,22,23)(H,24,26). The first-order chi connectivity index (χ1) is 13.1. The van der Waals surface area contributed by atoms with E-state index in [0.717, 1.165) is 35.7 Å². The highest BCUT2D eigenvalue weighted by Crippen LogP contribution is 2.29. The zero-order valence-electron chi connectivity index (χ0n) is 14.1. The number of halogens is 3. The predicted molar refractivity (Wildman–Crippen MR) is 102 cm³/mol. The fourth-order valence-electron chi connectivity index (χ4n) is 2.04. The second kappa shape index (κ2) is 8.97. The topological polar surface area (TPSA) is 142 Å². The molecule has 0 aliphatic carbocycles. The summed E-state index contributed by atoms with van der Waals surface area (Å²) in [5.74, 6) is -0.532. The van der Waals surface area contributed by atoms with Crippen LogP contribution in [0.4, 0.5) is 13.2 Å². The Morgan fingerprint density at radius 2 is 1.64 bits per heavy atom. The summed E-state index contributed by atoms with van der Waals surface area (Å²) in [5.41, 5.74) is 10.5. The smallest absolute Gasteiger partial charge is 0.378 e. The zero-order valence-corrected chi connectivity index (χ0v) is 15.8. The zero-order chi connectivity index (χ0) is 20.9. The summed E-state index contributed by atoms with van der Waals surface area (Å²) in [7, 11) is 0. The van der Waals surface area contributed by atoms with Crippen LogP contribution in [0.1, 0.15) is 21.5 Å². The van der Waals surface area contributed by atoms with Gasteiger partial charge in [-0.05, 0) is 53.4 Å². The van der Waals surface area contributed by atoms with Gasteiger partial charge in [0, 0.05) is 6.54 Å². The summed E-state index contributed by atoms with van der Waals surface area (Å²) in [6.45, 7) is 0.00506. The molecule has 7 nitrogen and oxygen atoms in total. The molecule has 0 saturated heterocycles. The Morgan fingerprint density at radius 3 is 2.18 bits per heavy atom. The van der Waals surface area contributed by atoms with Crippen molar-refractivity contribution in [2.75, 3.05) is 0 Å². The first-order valence-electron chi connectivity index (χ1n) is 7.55. The molecule has 0 atom stereocenters. The van der Waals surface area contributed by atoms with Gasteiger partial charge < -0.3 is 16.8 Å². The van der Waals surface area contributed by atoms with E-state index in [1.54, 1.807) is 0 Å². The lowest BCUT2D eigenvalue weighted by Crippen LogP contribution is -2.24. The SMILES string of the molecule is N=C(N)Sc1ccc(C(=O)NCc2ccc(C(F)(F)F)cc2)c(SC(=N)N)n1. The highest BCUT2D eigenvalue weighted by atomic mass is 32.2. The molecule has 0 radical (unpaired) electrons. The van der Waals surface area contributed by atoms with Crippen molar-refractivity contribution in [1.82, 2.24) is 10.3 Å². The molecule has 2 rings (SSSR count). The van der Waals surface area contributed by atoms with E-state index in [2.05, 4.69) is 10.3 Å². The van der Waals surface area contributed by atoms with Crippen LogP contribution in [-0.4, -0.2) is 21.2 Å². The second-order valence-electron chi connectivity index (χ2n) is 5.31. The van der Waals surface area contributed by atoms with Gasteiger partial charge in [-0.15, -0.1) is 0 Å². The van der Waals surface area contributed by atoms with E-state index in [0.29, 0.717) is 10.6 Å². The molecular weight excluding hydrogens is 413 g/mol. The number of amidine groups is 2.